The van der Waals surface area contributed by atoms with Gasteiger partial charge in [-0.25, -0.2) is 0 Å². The summed E-state index contributed by atoms with van der Waals surface area (Å²) >= 11 is 1.30. The van der Waals surface area contributed by atoms with Gasteiger partial charge < -0.3 is 10.6 Å². The van der Waals surface area contributed by atoms with Crippen molar-refractivity contribution in [1.29, 1.82) is 0 Å². The second-order valence-electron chi connectivity index (χ2n) is 8.29. The Bertz CT molecular complexity index is 1080. The molecule has 1 unspecified atom stereocenters. The Morgan fingerprint density at radius 3 is 2.47 bits per heavy atom. The van der Waals surface area contributed by atoms with Gasteiger partial charge in [-0.3, -0.25) is 24.3 Å². The van der Waals surface area contributed by atoms with E-state index in [1.807, 2.05) is 30.3 Å². The van der Waals surface area contributed by atoms with Gasteiger partial charge in [-0.2, -0.15) is 0 Å². The van der Waals surface area contributed by atoms with E-state index < -0.39 is 11.9 Å². The zero-order chi connectivity index (χ0) is 23.8. The molecule has 0 bridgehead atoms. The third-order valence-electron chi connectivity index (χ3n) is 5.91. The molecule has 0 saturated heterocycles. The summed E-state index contributed by atoms with van der Waals surface area (Å²) in [7, 11) is 0. The highest BCUT2D eigenvalue weighted by Crippen LogP contribution is 2.28. The fraction of sp³-hybridized carbons (Fsp3) is 0.308. The van der Waals surface area contributed by atoms with Crippen LogP contribution < -0.4 is 15.5 Å². The molecule has 1 aromatic carbocycles. The van der Waals surface area contributed by atoms with Crippen molar-refractivity contribution < 1.29 is 14.4 Å². The van der Waals surface area contributed by atoms with E-state index in [9.17, 15) is 14.4 Å². The number of hydrogen-bond donors (Lipinski definition) is 2. The first-order valence-corrected chi connectivity index (χ1v) is 12.4. The molecule has 1 aliphatic rings. The minimum atomic E-state index is -0.890. The minimum absolute atomic E-state index is 0.0943. The quantitative estimate of drug-likeness (QED) is 0.512. The highest BCUT2D eigenvalue weighted by Gasteiger charge is 2.34. The second kappa shape index (κ2) is 11.6. The molecule has 7 nitrogen and oxygen atoms in total. The SMILES string of the molecule is O=C(NCC(=O)N(c1cccnc1)C(C(=O)NC1CCCCC1)c1ccccc1)c1cccs1. The van der Waals surface area contributed by atoms with Crippen molar-refractivity contribution in [3.63, 3.8) is 0 Å². The lowest BCUT2D eigenvalue weighted by Gasteiger charge is -2.33. The fourth-order valence-corrected chi connectivity index (χ4v) is 4.89. The van der Waals surface area contributed by atoms with Gasteiger partial charge in [-0.1, -0.05) is 55.7 Å². The third-order valence-corrected chi connectivity index (χ3v) is 6.78. The van der Waals surface area contributed by atoms with Gasteiger partial charge in [0.25, 0.3) is 5.91 Å². The molecule has 1 atom stereocenters. The summed E-state index contributed by atoms with van der Waals surface area (Å²) in [6.07, 6.45) is 8.39. The van der Waals surface area contributed by atoms with E-state index in [1.54, 1.807) is 42.0 Å². The van der Waals surface area contributed by atoms with E-state index in [0.29, 0.717) is 16.1 Å². The van der Waals surface area contributed by atoms with E-state index in [2.05, 4.69) is 15.6 Å². The monoisotopic (exact) mass is 476 g/mol. The van der Waals surface area contributed by atoms with Crippen LogP contribution in [0.15, 0.2) is 72.4 Å². The highest BCUT2D eigenvalue weighted by atomic mass is 32.1. The van der Waals surface area contributed by atoms with Crippen LogP contribution in [0.1, 0.15) is 53.4 Å². The molecule has 176 valence electrons. The summed E-state index contributed by atoms with van der Waals surface area (Å²) in [5, 5.41) is 7.67. The molecule has 1 saturated carbocycles. The number of nitrogens with one attached hydrogen (secondary N) is 2. The number of benzene rings is 1. The van der Waals surface area contributed by atoms with Gasteiger partial charge in [0.15, 0.2) is 0 Å². The fourth-order valence-electron chi connectivity index (χ4n) is 4.25. The molecule has 0 radical (unpaired) electrons. The summed E-state index contributed by atoms with van der Waals surface area (Å²) in [6.45, 7) is -0.244. The lowest BCUT2D eigenvalue weighted by molar-refractivity contribution is -0.127. The van der Waals surface area contributed by atoms with Gasteiger partial charge in [0.2, 0.25) is 11.8 Å². The molecule has 34 heavy (non-hydrogen) atoms. The first-order chi connectivity index (χ1) is 16.6. The predicted octanol–water partition coefficient (Wildman–Crippen LogP) is 4.10. The number of carbonyl (C=O) groups is 3. The topological polar surface area (TPSA) is 91.4 Å². The zero-order valence-corrected chi connectivity index (χ0v) is 19.7. The van der Waals surface area contributed by atoms with Crippen LogP contribution >= 0.6 is 11.3 Å². The van der Waals surface area contributed by atoms with Crippen LogP contribution in [0.5, 0.6) is 0 Å². The first kappa shape index (κ1) is 23.6. The molecule has 1 fully saturated rings. The number of thiophene rings is 1. The molecule has 3 amide bonds. The van der Waals surface area contributed by atoms with Gasteiger partial charge in [-0.05, 0) is 42.0 Å². The smallest absolute Gasteiger partial charge is 0.261 e. The number of nitrogens with zero attached hydrogens (tertiary/aromatic N) is 2. The van der Waals surface area contributed by atoms with Crippen molar-refractivity contribution in [1.82, 2.24) is 15.6 Å². The number of anilines is 1. The molecular weight excluding hydrogens is 448 g/mol. The molecule has 0 spiro atoms. The molecule has 2 N–H and O–H groups in total. The normalized spacial score (nSPS) is 14.7. The van der Waals surface area contributed by atoms with Crippen molar-refractivity contribution in [3.05, 3.63) is 82.8 Å². The van der Waals surface area contributed by atoms with E-state index >= 15 is 0 Å². The highest BCUT2D eigenvalue weighted by molar-refractivity contribution is 7.12. The lowest BCUT2D eigenvalue weighted by Crippen LogP contribution is -2.49. The second-order valence-corrected chi connectivity index (χ2v) is 9.24. The molecule has 3 aromatic rings. The van der Waals surface area contributed by atoms with E-state index in [4.69, 9.17) is 0 Å². The average Bonchev–Trinajstić information content (AvgIpc) is 3.42. The first-order valence-electron chi connectivity index (χ1n) is 11.5. The number of amides is 3. The Morgan fingerprint density at radius 2 is 1.79 bits per heavy atom. The van der Waals surface area contributed by atoms with E-state index in [0.717, 1.165) is 25.7 Å². The van der Waals surface area contributed by atoms with Crippen molar-refractivity contribution in [2.24, 2.45) is 0 Å². The van der Waals surface area contributed by atoms with Crippen molar-refractivity contribution in [2.75, 3.05) is 11.4 Å². The number of hydrogen-bond acceptors (Lipinski definition) is 5. The minimum Gasteiger partial charge on any atom is -0.351 e. The van der Waals surface area contributed by atoms with Crippen molar-refractivity contribution in [2.45, 2.75) is 44.2 Å². The van der Waals surface area contributed by atoms with Gasteiger partial charge in [0.05, 0.1) is 23.3 Å². The number of carbonyl (C=O) groups excluding carboxylic acids is 3. The predicted molar refractivity (Wildman–Crippen MR) is 133 cm³/mol. The average molecular weight is 477 g/mol. The van der Waals surface area contributed by atoms with Gasteiger partial charge in [0.1, 0.15) is 6.04 Å². The Labute approximate surface area is 203 Å². The molecule has 8 heteroatoms. The third kappa shape index (κ3) is 5.88. The van der Waals surface area contributed by atoms with Crippen LogP contribution in [-0.2, 0) is 9.59 Å². The van der Waals surface area contributed by atoms with Crippen LogP contribution in [0.2, 0.25) is 0 Å². The maximum Gasteiger partial charge on any atom is 0.261 e. The molecular formula is C26H28N4O3S. The van der Waals surface area contributed by atoms with Crippen molar-refractivity contribution in [3.8, 4) is 0 Å². The summed E-state index contributed by atoms with van der Waals surface area (Å²) < 4.78 is 0. The summed E-state index contributed by atoms with van der Waals surface area (Å²) in [6, 6.07) is 15.4. The number of pyridine rings is 1. The molecule has 0 aliphatic heterocycles. The number of aromatic nitrogens is 1. The molecule has 4 rings (SSSR count). The summed E-state index contributed by atoms with van der Waals surface area (Å²) in [5.74, 6) is -0.956. The van der Waals surface area contributed by atoms with Crippen LogP contribution in [-0.4, -0.2) is 35.3 Å². The largest absolute Gasteiger partial charge is 0.351 e. The van der Waals surface area contributed by atoms with Crippen LogP contribution in [0.4, 0.5) is 5.69 Å². The van der Waals surface area contributed by atoms with Gasteiger partial charge in [0, 0.05) is 12.2 Å². The Balaban J connectivity index is 1.63. The summed E-state index contributed by atoms with van der Waals surface area (Å²) in [4.78, 5) is 45.8. The van der Waals surface area contributed by atoms with Crippen molar-refractivity contribution >= 4 is 34.7 Å². The maximum absolute atomic E-state index is 13.6. The van der Waals surface area contributed by atoms with E-state index in [-0.39, 0.29) is 24.4 Å². The standard InChI is InChI=1S/C26H28N4O3S/c31-23(18-28-25(32)22-14-8-16-34-22)30(21-13-7-15-27-17-21)24(19-9-3-1-4-10-19)26(33)29-20-11-5-2-6-12-20/h1,3-4,7-10,13-17,20,24H,2,5-6,11-12,18H2,(H,28,32)(H,29,33). The molecule has 1 aliphatic carbocycles. The van der Waals surface area contributed by atoms with Crippen LogP contribution in [0.25, 0.3) is 0 Å². The Kier molecular flexibility index (Phi) is 8.04. The molecule has 2 aromatic heterocycles. The Hall–Kier alpha value is -3.52. The van der Waals surface area contributed by atoms with E-state index in [1.165, 1.54) is 22.7 Å². The Morgan fingerprint density at radius 1 is 1.00 bits per heavy atom. The van der Waals surface area contributed by atoms with Crippen LogP contribution in [0, 0.1) is 0 Å². The van der Waals surface area contributed by atoms with Crippen LogP contribution in [0.3, 0.4) is 0 Å². The van der Waals surface area contributed by atoms with Gasteiger partial charge in [-0.15, -0.1) is 11.3 Å². The molecule has 2 heterocycles. The maximum atomic E-state index is 13.6. The number of rotatable bonds is 8. The zero-order valence-electron chi connectivity index (χ0n) is 18.9. The lowest BCUT2D eigenvalue weighted by atomic mass is 9.94. The summed E-state index contributed by atoms with van der Waals surface area (Å²) in [5.41, 5.74) is 1.18. The van der Waals surface area contributed by atoms with Gasteiger partial charge >= 0.3 is 0 Å².